The van der Waals surface area contributed by atoms with Crippen LogP contribution in [0.4, 0.5) is 0 Å². The summed E-state index contributed by atoms with van der Waals surface area (Å²) in [6.45, 7) is 0.575. The first-order valence-corrected chi connectivity index (χ1v) is 4.80. The third-order valence-corrected chi connectivity index (χ3v) is 2.29. The summed E-state index contributed by atoms with van der Waals surface area (Å²) in [7, 11) is 0. The van der Waals surface area contributed by atoms with Gasteiger partial charge in [0.25, 0.3) is 5.91 Å². The summed E-state index contributed by atoms with van der Waals surface area (Å²) in [6.07, 6.45) is 6.00. The third-order valence-electron chi connectivity index (χ3n) is 2.29. The Labute approximate surface area is 77.6 Å². The van der Waals surface area contributed by atoms with Crippen molar-refractivity contribution in [2.75, 3.05) is 6.61 Å². The molecule has 0 atom stereocenters. The molecule has 4 heteroatoms. The van der Waals surface area contributed by atoms with Crippen molar-refractivity contribution in [3.05, 3.63) is 4.91 Å². The molecule has 4 nitrogen and oxygen atoms in total. The summed E-state index contributed by atoms with van der Waals surface area (Å²) in [5, 5.41) is 2.31. The minimum atomic E-state index is -0.574. The van der Waals surface area contributed by atoms with Crippen LogP contribution in [-0.4, -0.2) is 18.6 Å². The van der Waals surface area contributed by atoms with E-state index in [-0.39, 0.29) is 6.42 Å². The van der Waals surface area contributed by atoms with Gasteiger partial charge in [0, 0.05) is 18.2 Å². The van der Waals surface area contributed by atoms with Crippen LogP contribution >= 0.6 is 0 Å². The Morgan fingerprint density at radius 1 is 1.38 bits per heavy atom. The maximum Gasteiger partial charge on any atom is 0.286 e. The molecule has 1 aliphatic rings. The van der Waals surface area contributed by atoms with Crippen LogP contribution in [0.3, 0.4) is 0 Å². The first-order chi connectivity index (χ1) is 6.33. The number of carbonyl (C=O) groups excluding carboxylic acids is 1. The van der Waals surface area contributed by atoms with E-state index >= 15 is 0 Å². The predicted octanol–water partition coefficient (Wildman–Crippen LogP) is 2.02. The lowest BCUT2D eigenvalue weighted by atomic mass is 10.3. The van der Waals surface area contributed by atoms with Gasteiger partial charge < -0.3 is 4.74 Å². The van der Waals surface area contributed by atoms with Crippen molar-refractivity contribution in [2.45, 2.75) is 44.6 Å². The summed E-state index contributed by atoms with van der Waals surface area (Å²) >= 11 is 0. The molecule has 1 saturated carbocycles. The van der Waals surface area contributed by atoms with Crippen molar-refractivity contribution >= 4 is 5.91 Å². The van der Waals surface area contributed by atoms with E-state index in [1.165, 1.54) is 12.8 Å². The maximum absolute atomic E-state index is 10.5. The van der Waals surface area contributed by atoms with Gasteiger partial charge in [-0.15, -0.1) is 4.91 Å². The highest BCUT2D eigenvalue weighted by Gasteiger charge is 2.14. The molecule has 1 fully saturated rings. The van der Waals surface area contributed by atoms with Crippen LogP contribution in [0.15, 0.2) is 5.18 Å². The van der Waals surface area contributed by atoms with E-state index in [9.17, 15) is 9.70 Å². The lowest BCUT2D eigenvalue weighted by Gasteiger charge is -2.09. The number of nitroso groups, excluding NO2 is 1. The molecule has 0 bridgehead atoms. The molecular weight excluding hydrogens is 170 g/mol. The molecule has 0 aromatic carbocycles. The van der Waals surface area contributed by atoms with Crippen molar-refractivity contribution in [3.8, 4) is 0 Å². The molecule has 13 heavy (non-hydrogen) atoms. The standard InChI is InChI=1S/C9H15NO3/c11-9(10-12)6-3-7-13-8-4-1-2-5-8/h8H,1-7H2. The van der Waals surface area contributed by atoms with E-state index in [2.05, 4.69) is 5.18 Å². The van der Waals surface area contributed by atoms with Gasteiger partial charge in [-0.3, -0.25) is 4.79 Å². The summed E-state index contributed by atoms with van der Waals surface area (Å²) in [6, 6.07) is 0. The highest BCUT2D eigenvalue weighted by atomic mass is 16.5. The fourth-order valence-corrected chi connectivity index (χ4v) is 1.57. The fraction of sp³-hybridized carbons (Fsp3) is 0.889. The van der Waals surface area contributed by atoms with Crippen LogP contribution in [0.2, 0.25) is 0 Å². The van der Waals surface area contributed by atoms with Gasteiger partial charge in [0.15, 0.2) is 0 Å². The number of carbonyl (C=O) groups is 1. The molecule has 0 spiro atoms. The average Bonchev–Trinajstić information content (AvgIpc) is 2.64. The van der Waals surface area contributed by atoms with E-state index in [4.69, 9.17) is 4.74 Å². The van der Waals surface area contributed by atoms with E-state index in [1.807, 2.05) is 0 Å². The smallest absolute Gasteiger partial charge is 0.286 e. The Balaban J connectivity index is 1.94. The molecule has 0 N–H and O–H groups in total. The highest BCUT2D eigenvalue weighted by molar-refractivity contribution is 5.76. The predicted molar refractivity (Wildman–Crippen MR) is 48.2 cm³/mol. The molecule has 1 amide bonds. The molecular formula is C9H15NO3. The van der Waals surface area contributed by atoms with E-state index in [0.717, 1.165) is 12.8 Å². The molecule has 1 rings (SSSR count). The van der Waals surface area contributed by atoms with Crippen LogP contribution in [-0.2, 0) is 9.53 Å². The van der Waals surface area contributed by atoms with Gasteiger partial charge in [-0.1, -0.05) is 12.8 Å². The zero-order valence-corrected chi connectivity index (χ0v) is 7.70. The SMILES string of the molecule is O=NC(=O)CCCOC1CCCC1. The van der Waals surface area contributed by atoms with Crippen LogP contribution in [0.1, 0.15) is 38.5 Å². The Hall–Kier alpha value is -0.770. The zero-order chi connectivity index (χ0) is 9.52. The van der Waals surface area contributed by atoms with Gasteiger partial charge in [0.2, 0.25) is 0 Å². The zero-order valence-electron chi connectivity index (χ0n) is 7.70. The first-order valence-electron chi connectivity index (χ1n) is 4.80. The third kappa shape index (κ3) is 4.12. The second-order valence-corrected chi connectivity index (χ2v) is 3.37. The quantitative estimate of drug-likeness (QED) is 0.486. The number of amides is 1. The molecule has 74 valence electrons. The number of ether oxygens (including phenoxy) is 1. The molecule has 0 unspecified atom stereocenters. The van der Waals surface area contributed by atoms with Crippen molar-refractivity contribution in [1.82, 2.24) is 0 Å². The van der Waals surface area contributed by atoms with Crippen molar-refractivity contribution < 1.29 is 9.53 Å². The molecule has 0 heterocycles. The van der Waals surface area contributed by atoms with Gasteiger partial charge in [0.05, 0.1) is 6.10 Å². The first kappa shape index (κ1) is 10.3. The Morgan fingerprint density at radius 2 is 2.08 bits per heavy atom. The Morgan fingerprint density at radius 3 is 2.69 bits per heavy atom. The average molecular weight is 185 g/mol. The van der Waals surface area contributed by atoms with Crippen molar-refractivity contribution in [1.29, 1.82) is 0 Å². The number of rotatable bonds is 5. The molecule has 0 aromatic rings. The second kappa shape index (κ2) is 5.80. The minimum Gasteiger partial charge on any atom is -0.378 e. The van der Waals surface area contributed by atoms with Gasteiger partial charge in [-0.05, 0) is 19.3 Å². The van der Waals surface area contributed by atoms with Gasteiger partial charge >= 0.3 is 0 Å². The van der Waals surface area contributed by atoms with Gasteiger partial charge in [0.1, 0.15) is 0 Å². The monoisotopic (exact) mass is 185 g/mol. The summed E-state index contributed by atoms with van der Waals surface area (Å²) in [5.41, 5.74) is 0. The van der Waals surface area contributed by atoms with Crippen LogP contribution < -0.4 is 0 Å². The molecule has 0 aliphatic heterocycles. The molecule has 0 saturated heterocycles. The molecule has 0 radical (unpaired) electrons. The lowest BCUT2D eigenvalue weighted by molar-refractivity contribution is -0.118. The van der Waals surface area contributed by atoms with Crippen molar-refractivity contribution in [2.24, 2.45) is 5.18 Å². The van der Waals surface area contributed by atoms with Gasteiger partial charge in [-0.25, -0.2) is 0 Å². The lowest BCUT2D eigenvalue weighted by Crippen LogP contribution is -2.09. The second-order valence-electron chi connectivity index (χ2n) is 3.37. The minimum absolute atomic E-state index is 0.218. The normalized spacial score (nSPS) is 17.5. The molecule has 0 aromatic heterocycles. The number of hydrogen-bond donors (Lipinski definition) is 0. The van der Waals surface area contributed by atoms with Crippen LogP contribution in [0, 0.1) is 4.91 Å². The largest absolute Gasteiger partial charge is 0.378 e. The topological polar surface area (TPSA) is 55.7 Å². The van der Waals surface area contributed by atoms with Crippen molar-refractivity contribution in [3.63, 3.8) is 0 Å². The summed E-state index contributed by atoms with van der Waals surface area (Å²) in [5.74, 6) is -0.574. The van der Waals surface area contributed by atoms with Gasteiger partial charge in [-0.2, -0.15) is 0 Å². The maximum atomic E-state index is 10.5. The number of nitrogens with zero attached hydrogens (tertiary/aromatic N) is 1. The summed E-state index contributed by atoms with van der Waals surface area (Å²) in [4.78, 5) is 20.2. The van der Waals surface area contributed by atoms with Crippen LogP contribution in [0.5, 0.6) is 0 Å². The molecule has 1 aliphatic carbocycles. The fourth-order valence-electron chi connectivity index (χ4n) is 1.57. The van der Waals surface area contributed by atoms with Crippen LogP contribution in [0.25, 0.3) is 0 Å². The highest BCUT2D eigenvalue weighted by Crippen LogP contribution is 2.20. The van der Waals surface area contributed by atoms with E-state index in [1.54, 1.807) is 0 Å². The van der Waals surface area contributed by atoms with E-state index < -0.39 is 5.91 Å². The number of hydrogen-bond acceptors (Lipinski definition) is 3. The van der Waals surface area contributed by atoms with E-state index in [0.29, 0.717) is 19.1 Å². The summed E-state index contributed by atoms with van der Waals surface area (Å²) < 4.78 is 5.50. The Kier molecular flexibility index (Phi) is 4.60. The Bertz CT molecular complexity index is 176.